The lowest BCUT2D eigenvalue weighted by Gasteiger charge is -2.25. The summed E-state index contributed by atoms with van der Waals surface area (Å²) in [5.74, 6) is 0. The van der Waals surface area contributed by atoms with Gasteiger partial charge in [0.2, 0.25) is 0 Å². The average Bonchev–Trinajstić information content (AvgIpc) is 2.27. The maximum Gasteiger partial charge on any atom is 0.0396 e. The molecule has 0 spiro atoms. The lowest BCUT2D eigenvalue weighted by Crippen LogP contribution is -2.21. The van der Waals surface area contributed by atoms with Gasteiger partial charge in [-0.25, -0.2) is 0 Å². The molecule has 2 nitrogen and oxygen atoms in total. The van der Waals surface area contributed by atoms with Gasteiger partial charge in [-0.15, -0.1) is 0 Å². The van der Waals surface area contributed by atoms with Gasteiger partial charge < -0.3 is 9.64 Å². The van der Waals surface area contributed by atoms with E-state index in [1.165, 1.54) is 49.0 Å². The number of hydrogen-bond acceptors (Lipinski definition) is 2. The van der Waals surface area contributed by atoms with Crippen LogP contribution in [0.5, 0.6) is 0 Å². The van der Waals surface area contributed by atoms with Crippen LogP contribution in [0.25, 0.3) is 0 Å². The number of rotatable bonds is 0. The van der Waals surface area contributed by atoms with Crippen molar-refractivity contribution in [1.29, 1.82) is 0 Å². The molecule has 1 aliphatic rings. The highest BCUT2D eigenvalue weighted by Gasteiger charge is 2.10. The van der Waals surface area contributed by atoms with Crippen LogP contribution in [0.3, 0.4) is 0 Å². The molecule has 0 bridgehead atoms. The van der Waals surface area contributed by atoms with Gasteiger partial charge >= 0.3 is 0 Å². The molecule has 17 heavy (non-hydrogen) atoms. The number of ether oxygens (including phenoxy) is 1. The van der Waals surface area contributed by atoms with Gasteiger partial charge in [0, 0.05) is 33.5 Å². The molecule has 96 valence electrons. The van der Waals surface area contributed by atoms with Crippen molar-refractivity contribution in [2.24, 2.45) is 0 Å². The molecule has 0 saturated heterocycles. The minimum Gasteiger partial charge on any atom is -0.388 e. The van der Waals surface area contributed by atoms with Crippen LogP contribution in [0.2, 0.25) is 0 Å². The monoisotopic (exact) mass is 235 g/mol. The molecular formula is C15H25NO. The second-order valence-electron chi connectivity index (χ2n) is 4.77. The van der Waals surface area contributed by atoms with Crippen LogP contribution in [0.1, 0.15) is 30.4 Å². The Hall–Kier alpha value is -1.02. The molecule has 1 aliphatic heterocycles. The van der Waals surface area contributed by atoms with E-state index in [0.717, 1.165) is 0 Å². The highest BCUT2D eigenvalue weighted by molar-refractivity contribution is 5.54. The van der Waals surface area contributed by atoms with Crippen molar-refractivity contribution in [2.75, 3.05) is 32.7 Å². The highest BCUT2D eigenvalue weighted by Crippen LogP contribution is 2.25. The molecule has 2 heteroatoms. The van der Waals surface area contributed by atoms with E-state index < -0.39 is 0 Å². The Bertz CT molecular complexity index is 336. The zero-order valence-corrected chi connectivity index (χ0v) is 11.6. The van der Waals surface area contributed by atoms with Crippen molar-refractivity contribution in [3.8, 4) is 0 Å². The summed E-state index contributed by atoms with van der Waals surface area (Å²) in [7, 11) is 5.46. The summed E-state index contributed by atoms with van der Waals surface area (Å²) in [5, 5.41) is 0. The molecule has 1 heterocycles. The molecule has 0 amide bonds. The molecular weight excluding hydrogens is 210 g/mol. The van der Waals surface area contributed by atoms with E-state index >= 15 is 0 Å². The van der Waals surface area contributed by atoms with E-state index in [0.29, 0.717) is 0 Å². The third-order valence-electron chi connectivity index (χ3n) is 3.09. The zero-order valence-electron chi connectivity index (χ0n) is 11.6. The molecule has 1 aromatic carbocycles. The number of fused-ring (bicyclic) bond motifs is 1. The van der Waals surface area contributed by atoms with Crippen molar-refractivity contribution in [2.45, 2.75) is 32.6 Å². The van der Waals surface area contributed by atoms with Crippen molar-refractivity contribution in [1.82, 2.24) is 0 Å². The molecule has 0 radical (unpaired) electrons. The summed E-state index contributed by atoms with van der Waals surface area (Å²) >= 11 is 0. The topological polar surface area (TPSA) is 12.5 Å². The largest absolute Gasteiger partial charge is 0.388 e. The predicted octanol–water partition coefficient (Wildman–Crippen LogP) is 3.42. The van der Waals surface area contributed by atoms with E-state index in [1.807, 2.05) is 0 Å². The van der Waals surface area contributed by atoms with Gasteiger partial charge in [-0.05, 0) is 37.8 Å². The van der Waals surface area contributed by atoms with Crippen LogP contribution in [-0.4, -0.2) is 27.8 Å². The minimum absolute atomic E-state index is 1.20. The van der Waals surface area contributed by atoms with Gasteiger partial charge in [0.05, 0.1) is 0 Å². The van der Waals surface area contributed by atoms with Gasteiger partial charge in [0.1, 0.15) is 0 Å². The van der Waals surface area contributed by atoms with Crippen molar-refractivity contribution < 1.29 is 4.74 Å². The summed E-state index contributed by atoms with van der Waals surface area (Å²) in [6.07, 6.45) is 5.31. The normalized spacial score (nSPS) is 15.2. The standard InChI is InChI=1S/C13H19N.C2H6O/c1-11-7-8-13-12(10-11)6-4-3-5-9-14(13)2;1-3-2/h7-8,10H,3-6,9H2,1-2H3;1-2H3. The Morgan fingerprint density at radius 2 is 1.82 bits per heavy atom. The Kier molecular flexibility index (Phi) is 6.06. The fourth-order valence-corrected chi connectivity index (χ4v) is 2.25. The second kappa shape index (κ2) is 7.33. The van der Waals surface area contributed by atoms with Gasteiger partial charge in [0.25, 0.3) is 0 Å². The van der Waals surface area contributed by atoms with Crippen LogP contribution >= 0.6 is 0 Å². The predicted molar refractivity (Wildman–Crippen MR) is 74.9 cm³/mol. The van der Waals surface area contributed by atoms with Gasteiger partial charge in [-0.2, -0.15) is 0 Å². The lowest BCUT2D eigenvalue weighted by molar-refractivity contribution is 0.277. The van der Waals surface area contributed by atoms with Crippen molar-refractivity contribution >= 4 is 5.69 Å². The molecule has 1 aromatic rings. The summed E-state index contributed by atoms with van der Waals surface area (Å²) in [5.41, 5.74) is 4.36. The first kappa shape index (κ1) is 14.0. The maximum atomic E-state index is 4.25. The molecule has 2 rings (SSSR count). The molecule has 0 unspecified atom stereocenters. The molecule has 0 fully saturated rings. The molecule has 0 aromatic heterocycles. The third kappa shape index (κ3) is 4.39. The highest BCUT2D eigenvalue weighted by atomic mass is 16.4. The fourth-order valence-electron chi connectivity index (χ4n) is 2.25. The molecule has 0 aliphatic carbocycles. The van der Waals surface area contributed by atoms with Crippen LogP contribution < -0.4 is 4.90 Å². The first-order chi connectivity index (χ1) is 8.19. The van der Waals surface area contributed by atoms with Crippen LogP contribution in [-0.2, 0) is 11.2 Å². The van der Waals surface area contributed by atoms with E-state index in [-0.39, 0.29) is 0 Å². The smallest absolute Gasteiger partial charge is 0.0396 e. The zero-order chi connectivity index (χ0) is 12.7. The molecule has 0 atom stereocenters. The van der Waals surface area contributed by atoms with Gasteiger partial charge in [-0.1, -0.05) is 24.1 Å². The second-order valence-corrected chi connectivity index (χ2v) is 4.77. The van der Waals surface area contributed by atoms with E-state index in [2.05, 4.69) is 41.8 Å². The first-order valence-corrected chi connectivity index (χ1v) is 6.40. The number of benzene rings is 1. The van der Waals surface area contributed by atoms with E-state index in [4.69, 9.17) is 0 Å². The van der Waals surface area contributed by atoms with E-state index in [9.17, 15) is 0 Å². The number of aryl methyl sites for hydroxylation is 2. The number of hydrogen-bond donors (Lipinski definition) is 0. The number of nitrogens with zero attached hydrogens (tertiary/aromatic N) is 1. The fraction of sp³-hybridized carbons (Fsp3) is 0.600. The van der Waals surface area contributed by atoms with E-state index in [1.54, 1.807) is 14.2 Å². The van der Waals surface area contributed by atoms with Gasteiger partial charge in [-0.3, -0.25) is 0 Å². The summed E-state index contributed by atoms with van der Waals surface area (Å²) in [4.78, 5) is 2.40. The summed E-state index contributed by atoms with van der Waals surface area (Å²) in [6.45, 7) is 3.38. The molecule has 0 saturated carbocycles. The quantitative estimate of drug-likeness (QED) is 0.683. The Balaban J connectivity index is 0.000000437. The van der Waals surface area contributed by atoms with Gasteiger partial charge in [0.15, 0.2) is 0 Å². The third-order valence-corrected chi connectivity index (χ3v) is 3.09. The van der Waals surface area contributed by atoms with Crippen molar-refractivity contribution in [3.63, 3.8) is 0 Å². The molecule has 0 N–H and O–H groups in total. The number of anilines is 1. The minimum atomic E-state index is 1.20. The Morgan fingerprint density at radius 3 is 2.53 bits per heavy atom. The summed E-state index contributed by atoms with van der Waals surface area (Å²) < 4.78 is 4.25. The van der Waals surface area contributed by atoms with Crippen molar-refractivity contribution in [3.05, 3.63) is 29.3 Å². The summed E-state index contributed by atoms with van der Waals surface area (Å²) in [6, 6.07) is 6.84. The first-order valence-electron chi connectivity index (χ1n) is 6.40. The number of methoxy groups -OCH3 is 1. The maximum absolute atomic E-state index is 4.25. The Morgan fingerprint density at radius 1 is 1.12 bits per heavy atom. The lowest BCUT2D eigenvalue weighted by atomic mass is 10.00. The van der Waals surface area contributed by atoms with Crippen LogP contribution in [0.4, 0.5) is 5.69 Å². The average molecular weight is 235 g/mol. The van der Waals surface area contributed by atoms with Crippen LogP contribution in [0, 0.1) is 6.92 Å². The van der Waals surface area contributed by atoms with Crippen LogP contribution in [0.15, 0.2) is 18.2 Å². The SMILES string of the molecule is COC.Cc1ccc2c(c1)CCCCCN2C. The Labute approximate surface area is 106 Å².